The Labute approximate surface area is 62.1 Å². The van der Waals surface area contributed by atoms with Gasteiger partial charge in [0, 0.05) is 4.91 Å². The molecule has 0 rings (SSSR count). The number of nitrogens with two attached hydrogens (primary N) is 1. The Balaban J connectivity index is 3.91. The second kappa shape index (κ2) is 4.51. The molecule has 0 unspecified atom stereocenters. The van der Waals surface area contributed by atoms with Crippen molar-refractivity contribution in [1.82, 2.24) is 0 Å². The zero-order valence-corrected chi connectivity index (χ0v) is 5.58. The molecule has 0 spiro atoms. The van der Waals surface area contributed by atoms with Gasteiger partial charge in [-0.25, -0.2) is 0 Å². The van der Waals surface area contributed by atoms with Crippen molar-refractivity contribution in [2.24, 2.45) is 10.8 Å². The van der Waals surface area contributed by atoms with Gasteiger partial charge in [-0.05, 0) is 5.53 Å². The van der Waals surface area contributed by atoms with Crippen molar-refractivity contribution < 1.29 is 15.0 Å². The van der Waals surface area contributed by atoms with Crippen molar-refractivity contribution in [3.63, 3.8) is 0 Å². The van der Waals surface area contributed by atoms with Crippen LogP contribution in [0.3, 0.4) is 0 Å². The third-order valence-corrected chi connectivity index (χ3v) is 1.03. The lowest BCUT2D eigenvalue weighted by Crippen LogP contribution is -2.43. The first-order valence-electron chi connectivity index (χ1n) is 2.77. The van der Waals surface area contributed by atoms with Crippen LogP contribution in [0.5, 0.6) is 0 Å². The van der Waals surface area contributed by atoms with Crippen molar-refractivity contribution in [2.45, 2.75) is 12.1 Å². The van der Waals surface area contributed by atoms with Gasteiger partial charge in [-0.1, -0.05) is 5.11 Å². The van der Waals surface area contributed by atoms with Crippen LogP contribution >= 0.6 is 0 Å². The second-order valence-electron chi connectivity index (χ2n) is 1.84. The smallest absolute Gasteiger partial charge is 0.323 e. The molecule has 62 valence electrons. The summed E-state index contributed by atoms with van der Waals surface area (Å²) in [7, 11) is 0. The minimum atomic E-state index is -1.40. The van der Waals surface area contributed by atoms with E-state index in [1.54, 1.807) is 0 Å². The van der Waals surface area contributed by atoms with E-state index >= 15 is 0 Å². The molecule has 0 aromatic carbocycles. The highest BCUT2D eigenvalue weighted by Gasteiger charge is 2.20. The highest BCUT2D eigenvalue weighted by Crippen LogP contribution is 1.91. The van der Waals surface area contributed by atoms with Crippen LogP contribution in [0.1, 0.15) is 0 Å². The number of aliphatic hydroxyl groups is 1. The Morgan fingerprint density at radius 1 is 1.82 bits per heavy atom. The summed E-state index contributed by atoms with van der Waals surface area (Å²) >= 11 is 0. The Hall–Kier alpha value is -1.30. The number of carboxylic acids is 1. The highest BCUT2D eigenvalue weighted by atomic mass is 16.4. The van der Waals surface area contributed by atoms with E-state index in [0.717, 1.165) is 0 Å². The molecule has 0 fully saturated rings. The molecule has 11 heavy (non-hydrogen) atoms. The SMILES string of the molecule is [N-]=[N+]=NC[C@@H](O)[C@@H](N)C(=O)O. The first-order chi connectivity index (χ1) is 5.09. The van der Waals surface area contributed by atoms with E-state index < -0.39 is 18.1 Å². The quantitative estimate of drug-likeness (QED) is 0.278. The normalized spacial score (nSPS) is 14.7. The van der Waals surface area contributed by atoms with E-state index in [9.17, 15) is 4.79 Å². The Kier molecular flexibility index (Phi) is 3.97. The van der Waals surface area contributed by atoms with Crippen molar-refractivity contribution in [3.8, 4) is 0 Å². The maximum absolute atomic E-state index is 10.1. The van der Waals surface area contributed by atoms with E-state index in [2.05, 4.69) is 10.0 Å². The van der Waals surface area contributed by atoms with Crippen molar-refractivity contribution in [2.75, 3.05) is 6.54 Å². The molecule has 0 aliphatic rings. The lowest BCUT2D eigenvalue weighted by atomic mass is 10.2. The van der Waals surface area contributed by atoms with Gasteiger partial charge in [-0.15, -0.1) is 0 Å². The van der Waals surface area contributed by atoms with Gasteiger partial charge in [0.05, 0.1) is 12.6 Å². The van der Waals surface area contributed by atoms with Crippen LogP contribution in [-0.2, 0) is 4.79 Å². The number of aliphatic hydroxyl groups excluding tert-OH is 1. The molecule has 4 N–H and O–H groups in total. The predicted octanol–water partition coefficient (Wildman–Crippen LogP) is -0.931. The third kappa shape index (κ3) is 3.41. The van der Waals surface area contributed by atoms with E-state index in [-0.39, 0.29) is 6.54 Å². The molecule has 0 radical (unpaired) electrons. The fourth-order valence-electron chi connectivity index (χ4n) is 0.398. The summed E-state index contributed by atoms with van der Waals surface area (Å²) in [4.78, 5) is 12.4. The van der Waals surface area contributed by atoms with Crippen LogP contribution in [0.2, 0.25) is 0 Å². The monoisotopic (exact) mass is 160 g/mol. The summed E-state index contributed by atoms with van der Waals surface area (Å²) in [5, 5.41) is 20.0. The van der Waals surface area contributed by atoms with Gasteiger partial charge in [0.25, 0.3) is 0 Å². The molecule has 0 aromatic rings. The van der Waals surface area contributed by atoms with E-state index in [1.807, 2.05) is 0 Å². The number of rotatable bonds is 4. The highest BCUT2D eigenvalue weighted by molar-refractivity contribution is 5.73. The molecule has 7 heteroatoms. The standard InChI is InChI=1S/C4H8N4O3/c5-3(4(10)11)2(9)1-7-8-6/h2-3,9H,1,5H2,(H,10,11)/t2-,3-/m1/s1. The summed E-state index contributed by atoms with van der Waals surface area (Å²) < 4.78 is 0. The van der Waals surface area contributed by atoms with Crippen LogP contribution < -0.4 is 5.73 Å². The largest absolute Gasteiger partial charge is 0.480 e. The molecule has 2 atom stereocenters. The molecule has 7 nitrogen and oxygen atoms in total. The van der Waals surface area contributed by atoms with Crippen LogP contribution in [0, 0.1) is 0 Å². The van der Waals surface area contributed by atoms with Gasteiger partial charge in [-0.3, -0.25) is 4.79 Å². The average molecular weight is 160 g/mol. The fraction of sp³-hybridized carbons (Fsp3) is 0.750. The van der Waals surface area contributed by atoms with Crippen molar-refractivity contribution in [1.29, 1.82) is 0 Å². The van der Waals surface area contributed by atoms with Crippen LogP contribution in [0.25, 0.3) is 10.4 Å². The number of carbonyl (C=O) groups is 1. The average Bonchev–Trinajstić information content (AvgIpc) is 1.98. The molecular formula is C4H8N4O3. The van der Waals surface area contributed by atoms with Crippen LogP contribution in [-0.4, -0.2) is 34.9 Å². The molecule has 0 saturated heterocycles. The zero-order chi connectivity index (χ0) is 8.85. The van der Waals surface area contributed by atoms with E-state index in [4.69, 9.17) is 21.5 Å². The Bertz CT molecular complexity index is 188. The van der Waals surface area contributed by atoms with Crippen LogP contribution in [0.15, 0.2) is 5.11 Å². The molecule has 0 aromatic heterocycles. The number of aliphatic carboxylic acids is 1. The summed E-state index contributed by atoms with van der Waals surface area (Å²) in [6.45, 7) is -0.329. The van der Waals surface area contributed by atoms with E-state index in [0.29, 0.717) is 0 Å². The first kappa shape index (κ1) is 9.70. The third-order valence-electron chi connectivity index (χ3n) is 1.03. The number of azide groups is 1. The van der Waals surface area contributed by atoms with Crippen molar-refractivity contribution in [3.05, 3.63) is 10.4 Å². The maximum Gasteiger partial charge on any atom is 0.323 e. The van der Waals surface area contributed by atoms with Gasteiger partial charge in [0.15, 0.2) is 0 Å². The van der Waals surface area contributed by atoms with Gasteiger partial charge in [-0.2, -0.15) is 0 Å². The van der Waals surface area contributed by atoms with Gasteiger partial charge in [0.2, 0.25) is 0 Å². The summed E-state index contributed by atoms with van der Waals surface area (Å²) in [6.07, 6.45) is -1.33. The summed E-state index contributed by atoms with van der Waals surface area (Å²) in [5.41, 5.74) is 12.8. The van der Waals surface area contributed by atoms with Gasteiger partial charge >= 0.3 is 5.97 Å². The number of hydrogen-bond acceptors (Lipinski definition) is 4. The molecular weight excluding hydrogens is 152 g/mol. The number of nitrogens with zero attached hydrogens (tertiary/aromatic N) is 3. The molecule has 0 heterocycles. The van der Waals surface area contributed by atoms with E-state index in [1.165, 1.54) is 0 Å². The van der Waals surface area contributed by atoms with Crippen molar-refractivity contribution >= 4 is 5.97 Å². The molecule has 0 aliphatic carbocycles. The summed E-state index contributed by atoms with van der Waals surface area (Å²) in [5.74, 6) is -1.33. The molecule has 0 saturated carbocycles. The maximum atomic E-state index is 10.1. The predicted molar refractivity (Wildman–Crippen MR) is 35.6 cm³/mol. The number of hydrogen-bond donors (Lipinski definition) is 3. The summed E-state index contributed by atoms with van der Waals surface area (Å²) in [6, 6.07) is -1.40. The zero-order valence-electron chi connectivity index (χ0n) is 5.58. The Morgan fingerprint density at radius 3 is 2.73 bits per heavy atom. The van der Waals surface area contributed by atoms with Gasteiger partial charge < -0.3 is 15.9 Å². The lowest BCUT2D eigenvalue weighted by molar-refractivity contribution is -0.141. The first-order valence-corrected chi connectivity index (χ1v) is 2.77. The second-order valence-corrected chi connectivity index (χ2v) is 1.84. The Morgan fingerprint density at radius 2 is 2.36 bits per heavy atom. The minimum absolute atomic E-state index is 0.329. The lowest BCUT2D eigenvalue weighted by Gasteiger charge is -2.10. The topological polar surface area (TPSA) is 132 Å². The molecule has 0 amide bonds. The molecule has 0 aliphatic heterocycles. The fourth-order valence-corrected chi connectivity index (χ4v) is 0.398. The number of carboxylic acid groups (broad SMARTS) is 1. The van der Waals surface area contributed by atoms with Gasteiger partial charge in [0.1, 0.15) is 6.04 Å². The minimum Gasteiger partial charge on any atom is -0.480 e. The van der Waals surface area contributed by atoms with Crippen LogP contribution in [0.4, 0.5) is 0 Å². The molecule has 0 bridgehead atoms.